The predicted molar refractivity (Wildman–Crippen MR) is 73.4 cm³/mol. The van der Waals surface area contributed by atoms with Gasteiger partial charge in [0.15, 0.2) is 0 Å². The van der Waals surface area contributed by atoms with E-state index in [0.717, 1.165) is 37.4 Å². The van der Waals surface area contributed by atoms with Crippen LogP contribution in [-0.2, 0) is 6.54 Å². The van der Waals surface area contributed by atoms with Crippen LogP contribution in [0.2, 0.25) is 0 Å². The molecule has 0 aliphatic carbocycles. The quantitative estimate of drug-likeness (QED) is 0.548. The molecule has 0 atom stereocenters. The van der Waals surface area contributed by atoms with Crippen molar-refractivity contribution in [3.63, 3.8) is 0 Å². The van der Waals surface area contributed by atoms with Gasteiger partial charge in [0.25, 0.3) is 0 Å². The van der Waals surface area contributed by atoms with Crippen LogP contribution >= 0.6 is 0 Å². The molecule has 0 aromatic heterocycles. The van der Waals surface area contributed by atoms with E-state index >= 15 is 0 Å². The molecular formula is C15H23NO. The Balaban J connectivity index is 2.31. The van der Waals surface area contributed by atoms with Crippen LogP contribution < -0.4 is 10.1 Å². The van der Waals surface area contributed by atoms with Crippen molar-refractivity contribution in [3.05, 3.63) is 42.0 Å². The van der Waals surface area contributed by atoms with E-state index in [0.29, 0.717) is 0 Å². The smallest absolute Gasteiger partial charge is 0.119 e. The molecule has 0 spiro atoms. The van der Waals surface area contributed by atoms with Gasteiger partial charge in [-0.25, -0.2) is 0 Å². The van der Waals surface area contributed by atoms with Gasteiger partial charge >= 0.3 is 0 Å². The molecule has 2 heteroatoms. The summed E-state index contributed by atoms with van der Waals surface area (Å²) in [5, 5.41) is 3.33. The number of rotatable bonds is 8. The van der Waals surface area contributed by atoms with Crippen molar-refractivity contribution in [2.24, 2.45) is 0 Å². The van der Waals surface area contributed by atoms with E-state index in [1.54, 1.807) is 0 Å². The molecular weight excluding hydrogens is 210 g/mol. The van der Waals surface area contributed by atoms with Gasteiger partial charge in [0.1, 0.15) is 5.75 Å². The Morgan fingerprint density at radius 3 is 2.59 bits per heavy atom. The number of hydrogen-bond acceptors (Lipinski definition) is 2. The van der Waals surface area contributed by atoms with E-state index in [9.17, 15) is 0 Å². The molecule has 0 radical (unpaired) electrons. The van der Waals surface area contributed by atoms with Crippen LogP contribution in [0.25, 0.3) is 0 Å². The standard InChI is InChI=1S/C15H23NO/c1-4-5-10-17-15-8-6-14(7-9-15)12-16-11-13(2)3/h6-9,16H,2,4-5,10-12H2,1,3H3. The first kappa shape index (κ1) is 13.8. The fourth-order valence-electron chi connectivity index (χ4n) is 1.46. The molecule has 0 unspecified atom stereocenters. The van der Waals surface area contributed by atoms with Crippen LogP contribution in [0, 0.1) is 0 Å². The Kier molecular flexibility index (Phi) is 6.41. The Morgan fingerprint density at radius 2 is 2.00 bits per heavy atom. The Bertz CT molecular complexity index is 329. The van der Waals surface area contributed by atoms with E-state index < -0.39 is 0 Å². The van der Waals surface area contributed by atoms with Crippen LogP contribution in [0.15, 0.2) is 36.4 Å². The van der Waals surface area contributed by atoms with E-state index in [1.165, 1.54) is 12.0 Å². The number of unbranched alkanes of at least 4 members (excludes halogenated alkanes) is 1. The first-order valence-corrected chi connectivity index (χ1v) is 6.29. The average Bonchev–Trinajstić information content (AvgIpc) is 2.31. The van der Waals surface area contributed by atoms with Crippen LogP contribution in [0.3, 0.4) is 0 Å². The molecule has 0 fully saturated rings. The topological polar surface area (TPSA) is 21.3 Å². The Hall–Kier alpha value is -1.28. The number of hydrogen-bond donors (Lipinski definition) is 1. The minimum absolute atomic E-state index is 0.809. The lowest BCUT2D eigenvalue weighted by atomic mass is 10.2. The zero-order valence-electron chi connectivity index (χ0n) is 11.0. The summed E-state index contributed by atoms with van der Waals surface area (Å²) in [5.41, 5.74) is 2.43. The van der Waals surface area contributed by atoms with Gasteiger partial charge in [-0.3, -0.25) is 0 Å². The molecule has 0 aliphatic heterocycles. The third-order valence-electron chi connectivity index (χ3n) is 2.45. The number of nitrogens with one attached hydrogen (secondary N) is 1. The zero-order valence-corrected chi connectivity index (χ0v) is 11.0. The SMILES string of the molecule is C=C(C)CNCc1ccc(OCCCC)cc1. The van der Waals surface area contributed by atoms with Crippen molar-refractivity contribution in [2.45, 2.75) is 33.2 Å². The molecule has 0 saturated heterocycles. The highest BCUT2D eigenvalue weighted by molar-refractivity contribution is 5.27. The summed E-state index contributed by atoms with van der Waals surface area (Å²) in [4.78, 5) is 0. The molecule has 1 N–H and O–H groups in total. The summed E-state index contributed by atoms with van der Waals surface area (Å²) in [6.45, 7) is 10.6. The first-order valence-electron chi connectivity index (χ1n) is 6.29. The van der Waals surface area contributed by atoms with Crippen LogP contribution in [0.1, 0.15) is 32.3 Å². The van der Waals surface area contributed by atoms with Gasteiger partial charge in [-0.1, -0.05) is 37.6 Å². The Morgan fingerprint density at radius 1 is 1.29 bits per heavy atom. The molecule has 0 bridgehead atoms. The van der Waals surface area contributed by atoms with Crippen molar-refractivity contribution < 1.29 is 4.74 Å². The number of benzene rings is 1. The highest BCUT2D eigenvalue weighted by Gasteiger charge is 1.95. The lowest BCUT2D eigenvalue weighted by Gasteiger charge is -2.07. The molecule has 94 valence electrons. The second-order valence-electron chi connectivity index (χ2n) is 4.41. The van der Waals surface area contributed by atoms with Gasteiger partial charge in [0, 0.05) is 13.1 Å². The average molecular weight is 233 g/mol. The van der Waals surface area contributed by atoms with Crippen molar-refractivity contribution in [1.29, 1.82) is 0 Å². The summed E-state index contributed by atoms with van der Waals surface area (Å²) >= 11 is 0. The lowest BCUT2D eigenvalue weighted by Crippen LogP contribution is -2.14. The zero-order chi connectivity index (χ0) is 12.5. The molecule has 0 heterocycles. The van der Waals surface area contributed by atoms with Crippen LogP contribution in [-0.4, -0.2) is 13.2 Å². The van der Waals surface area contributed by atoms with Gasteiger partial charge in [-0.05, 0) is 31.0 Å². The second kappa shape index (κ2) is 7.91. The van der Waals surface area contributed by atoms with E-state index in [-0.39, 0.29) is 0 Å². The minimum Gasteiger partial charge on any atom is -0.494 e. The number of ether oxygens (including phenoxy) is 1. The molecule has 2 nitrogen and oxygen atoms in total. The van der Waals surface area contributed by atoms with E-state index in [2.05, 4.69) is 31.0 Å². The molecule has 1 rings (SSSR count). The fraction of sp³-hybridized carbons (Fsp3) is 0.467. The van der Waals surface area contributed by atoms with Crippen molar-refractivity contribution >= 4 is 0 Å². The maximum absolute atomic E-state index is 5.61. The molecule has 1 aromatic rings. The summed E-state index contributed by atoms with van der Waals surface area (Å²) in [7, 11) is 0. The molecule has 17 heavy (non-hydrogen) atoms. The van der Waals surface area contributed by atoms with Crippen molar-refractivity contribution in [2.75, 3.05) is 13.2 Å². The molecule has 0 amide bonds. The van der Waals surface area contributed by atoms with E-state index in [1.807, 2.05) is 19.1 Å². The summed E-state index contributed by atoms with van der Waals surface area (Å²) < 4.78 is 5.61. The van der Waals surface area contributed by atoms with E-state index in [4.69, 9.17) is 4.74 Å². The highest BCUT2D eigenvalue weighted by Crippen LogP contribution is 2.12. The van der Waals surface area contributed by atoms with Gasteiger partial charge < -0.3 is 10.1 Å². The van der Waals surface area contributed by atoms with Crippen molar-refractivity contribution in [3.8, 4) is 5.75 Å². The minimum atomic E-state index is 0.809. The van der Waals surface area contributed by atoms with Gasteiger partial charge in [0.2, 0.25) is 0 Å². The molecule has 0 saturated carbocycles. The highest BCUT2D eigenvalue weighted by atomic mass is 16.5. The molecule has 0 aliphatic rings. The van der Waals surface area contributed by atoms with Crippen molar-refractivity contribution in [1.82, 2.24) is 5.32 Å². The largest absolute Gasteiger partial charge is 0.494 e. The van der Waals surface area contributed by atoms with Crippen LogP contribution in [0.5, 0.6) is 5.75 Å². The van der Waals surface area contributed by atoms with Gasteiger partial charge in [-0.2, -0.15) is 0 Å². The second-order valence-corrected chi connectivity index (χ2v) is 4.41. The monoisotopic (exact) mass is 233 g/mol. The summed E-state index contributed by atoms with van der Waals surface area (Å²) in [6, 6.07) is 8.28. The Labute approximate surface area is 105 Å². The molecule has 1 aromatic carbocycles. The third kappa shape index (κ3) is 6.12. The predicted octanol–water partition coefficient (Wildman–Crippen LogP) is 3.53. The summed E-state index contributed by atoms with van der Waals surface area (Å²) in [5.74, 6) is 0.960. The first-order chi connectivity index (χ1) is 8.22. The fourth-order valence-corrected chi connectivity index (χ4v) is 1.46. The third-order valence-corrected chi connectivity index (χ3v) is 2.45. The van der Waals surface area contributed by atoms with Gasteiger partial charge in [0.05, 0.1) is 6.61 Å². The summed E-state index contributed by atoms with van der Waals surface area (Å²) in [6.07, 6.45) is 2.28. The lowest BCUT2D eigenvalue weighted by molar-refractivity contribution is 0.309. The normalized spacial score (nSPS) is 10.2. The maximum Gasteiger partial charge on any atom is 0.119 e. The van der Waals surface area contributed by atoms with Gasteiger partial charge in [-0.15, -0.1) is 0 Å². The van der Waals surface area contributed by atoms with Crippen LogP contribution in [0.4, 0.5) is 0 Å². The maximum atomic E-state index is 5.61.